The van der Waals surface area contributed by atoms with Crippen molar-refractivity contribution in [2.24, 2.45) is 5.92 Å². The fraction of sp³-hybridized carbons (Fsp3) is 0.462. The van der Waals surface area contributed by atoms with E-state index in [2.05, 4.69) is 0 Å². The normalized spacial score (nSPS) is 15.8. The molecule has 1 aromatic rings. The van der Waals surface area contributed by atoms with Crippen LogP contribution in [0.4, 0.5) is 0 Å². The van der Waals surface area contributed by atoms with E-state index in [0.29, 0.717) is 24.7 Å². The SMILES string of the molecule is CC(CN(C)S(=O)(=O)c1ccc2c(c1)OCCO2)C(=O)O. The predicted molar refractivity (Wildman–Crippen MR) is 74.0 cm³/mol. The summed E-state index contributed by atoms with van der Waals surface area (Å²) in [5.74, 6) is -0.954. The zero-order valence-corrected chi connectivity index (χ0v) is 12.6. The number of ether oxygens (including phenoxy) is 2. The van der Waals surface area contributed by atoms with E-state index in [1.165, 1.54) is 32.2 Å². The minimum absolute atomic E-state index is 0.0480. The van der Waals surface area contributed by atoms with Crippen LogP contribution in [0, 0.1) is 5.92 Å². The molecule has 8 heteroatoms. The summed E-state index contributed by atoms with van der Waals surface area (Å²) in [6, 6.07) is 4.35. The van der Waals surface area contributed by atoms with Crippen molar-refractivity contribution in [1.29, 1.82) is 0 Å². The zero-order chi connectivity index (χ0) is 15.6. The van der Waals surface area contributed by atoms with Gasteiger partial charge in [0.2, 0.25) is 10.0 Å². The first-order chi connectivity index (χ1) is 9.82. The maximum atomic E-state index is 12.4. The lowest BCUT2D eigenvalue weighted by Crippen LogP contribution is -2.33. The van der Waals surface area contributed by atoms with Gasteiger partial charge in [-0.05, 0) is 12.1 Å². The van der Waals surface area contributed by atoms with Crippen LogP contribution in [-0.4, -0.2) is 50.6 Å². The largest absolute Gasteiger partial charge is 0.486 e. The maximum Gasteiger partial charge on any atom is 0.307 e. The van der Waals surface area contributed by atoms with E-state index in [4.69, 9.17) is 14.6 Å². The van der Waals surface area contributed by atoms with Crippen molar-refractivity contribution in [3.05, 3.63) is 18.2 Å². The van der Waals surface area contributed by atoms with Gasteiger partial charge in [0.1, 0.15) is 13.2 Å². The van der Waals surface area contributed by atoms with E-state index >= 15 is 0 Å². The molecule has 0 bridgehead atoms. The number of carboxylic acids is 1. The molecule has 0 aliphatic carbocycles. The molecule has 2 rings (SSSR count). The first-order valence-corrected chi connectivity index (χ1v) is 7.85. The Morgan fingerprint density at radius 1 is 1.33 bits per heavy atom. The lowest BCUT2D eigenvalue weighted by molar-refractivity contribution is -0.141. The predicted octanol–water partition coefficient (Wildman–Crippen LogP) is 0.799. The number of benzene rings is 1. The molecule has 1 aliphatic rings. The summed E-state index contributed by atoms with van der Waals surface area (Å²) in [6.45, 7) is 2.14. The molecule has 116 valence electrons. The minimum atomic E-state index is -3.77. The second kappa shape index (κ2) is 5.90. The van der Waals surface area contributed by atoms with Crippen LogP contribution in [0.2, 0.25) is 0 Å². The maximum absolute atomic E-state index is 12.4. The van der Waals surface area contributed by atoms with Crippen molar-refractivity contribution in [3.8, 4) is 11.5 Å². The van der Waals surface area contributed by atoms with Crippen LogP contribution in [0.25, 0.3) is 0 Å². The Labute approximate surface area is 123 Å². The topological polar surface area (TPSA) is 93.1 Å². The van der Waals surface area contributed by atoms with Crippen LogP contribution in [-0.2, 0) is 14.8 Å². The number of carboxylic acid groups (broad SMARTS) is 1. The van der Waals surface area contributed by atoms with E-state index in [1.807, 2.05) is 0 Å². The van der Waals surface area contributed by atoms with Crippen LogP contribution < -0.4 is 9.47 Å². The molecule has 1 heterocycles. The molecule has 1 N–H and O–H groups in total. The van der Waals surface area contributed by atoms with Gasteiger partial charge < -0.3 is 14.6 Å². The number of aliphatic carboxylic acids is 1. The number of nitrogens with zero attached hydrogens (tertiary/aromatic N) is 1. The van der Waals surface area contributed by atoms with Crippen molar-refractivity contribution in [2.75, 3.05) is 26.8 Å². The molecular weight excluding hydrogens is 298 g/mol. The van der Waals surface area contributed by atoms with Crippen LogP contribution in [0.5, 0.6) is 11.5 Å². The van der Waals surface area contributed by atoms with Gasteiger partial charge in [-0.2, -0.15) is 0 Å². The summed E-state index contributed by atoms with van der Waals surface area (Å²) in [5.41, 5.74) is 0. The summed E-state index contributed by atoms with van der Waals surface area (Å²) < 4.78 is 36.5. The summed E-state index contributed by atoms with van der Waals surface area (Å²) >= 11 is 0. The lowest BCUT2D eigenvalue weighted by atomic mass is 10.2. The average molecular weight is 315 g/mol. The Balaban J connectivity index is 2.24. The monoisotopic (exact) mass is 315 g/mol. The molecule has 0 radical (unpaired) electrons. The van der Waals surface area contributed by atoms with Crippen molar-refractivity contribution in [1.82, 2.24) is 4.31 Å². The first kappa shape index (κ1) is 15.6. The molecule has 0 spiro atoms. The summed E-state index contributed by atoms with van der Waals surface area (Å²) in [7, 11) is -2.41. The summed E-state index contributed by atoms with van der Waals surface area (Å²) in [5, 5.41) is 8.87. The molecule has 1 unspecified atom stereocenters. The highest BCUT2D eigenvalue weighted by Gasteiger charge is 2.26. The average Bonchev–Trinajstić information content (AvgIpc) is 2.46. The smallest absolute Gasteiger partial charge is 0.307 e. The number of hydrogen-bond acceptors (Lipinski definition) is 5. The summed E-state index contributed by atoms with van der Waals surface area (Å²) in [6.07, 6.45) is 0. The number of carbonyl (C=O) groups is 1. The van der Waals surface area contributed by atoms with Gasteiger partial charge >= 0.3 is 5.97 Å². The molecule has 0 saturated carbocycles. The van der Waals surface area contributed by atoms with Gasteiger partial charge in [-0.1, -0.05) is 6.92 Å². The Morgan fingerprint density at radius 3 is 2.57 bits per heavy atom. The molecule has 1 aliphatic heterocycles. The highest BCUT2D eigenvalue weighted by atomic mass is 32.2. The molecule has 1 atom stereocenters. The van der Waals surface area contributed by atoms with Gasteiger partial charge in [-0.25, -0.2) is 12.7 Å². The number of hydrogen-bond donors (Lipinski definition) is 1. The van der Waals surface area contributed by atoms with Gasteiger partial charge in [0.05, 0.1) is 10.8 Å². The lowest BCUT2D eigenvalue weighted by Gasteiger charge is -2.22. The third-order valence-corrected chi connectivity index (χ3v) is 4.99. The van der Waals surface area contributed by atoms with Crippen LogP contribution >= 0.6 is 0 Å². The van der Waals surface area contributed by atoms with Gasteiger partial charge in [0.25, 0.3) is 0 Å². The fourth-order valence-electron chi connectivity index (χ4n) is 1.93. The molecule has 0 aromatic heterocycles. The Hall–Kier alpha value is -1.80. The van der Waals surface area contributed by atoms with Gasteiger partial charge in [-0.3, -0.25) is 4.79 Å². The fourth-order valence-corrected chi connectivity index (χ4v) is 3.20. The van der Waals surface area contributed by atoms with Gasteiger partial charge in [0.15, 0.2) is 11.5 Å². The minimum Gasteiger partial charge on any atom is -0.486 e. The number of rotatable bonds is 5. The molecule has 21 heavy (non-hydrogen) atoms. The van der Waals surface area contributed by atoms with Crippen molar-refractivity contribution < 1.29 is 27.8 Å². The summed E-state index contributed by atoms with van der Waals surface area (Å²) in [4.78, 5) is 10.9. The van der Waals surface area contributed by atoms with Crippen molar-refractivity contribution in [3.63, 3.8) is 0 Å². The van der Waals surface area contributed by atoms with Crippen LogP contribution in [0.3, 0.4) is 0 Å². The third kappa shape index (κ3) is 3.27. The van der Waals surface area contributed by atoms with Crippen LogP contribution in [0.15, 0.2) is 23.1 Å². The zero-order valence-electron chi connectivity index (χ0n) is 11.8. The second-order valence-electron chi connectivity index (χ2n) is 4.83. The molecule has 1 aromatic carbocycles. The van der Waals surface area contributed by atoms with Crippen molar-refractivity contribution >= 4 is 16.0 Å². The Morgan fingerprint density at radius 2 is 1.95 bits per heavy atom. The van der Waals surface area contributed by atoms with E-state index < -0.39 is 21.9 Å². The highest BCUT2D eigenvalue weighted by molar-refractivity contribution is 7.89. The quantitative estimate of drug-likeness (QED) is 0.864. The molecule has 0 saturated heterocycles. The van der Waals surface area contributed by atoms with E-state index in [-0.39, 0.29) is 11.4 Å². The number of sulfonamides is 1. The Kier molecular flexibility index (Phi) is 4.38. The first-order valence-electron chi connectivity index (χ1n) is 6.41. The van der Waals surface area contributed by atoms with E-state index in [0.717, 1.165) is 4.31 Å². The standard InChI is InChI=1S/C13H17NO6S/c1-9(13(15)16)8-14(2)21(17,18)10-3-4-11-12(7-10)20-6-5-19-11/h3-4,7,9H,5-6,8H2,1-2H3,(H,15,16). The van der Waals surface area contributed by atoms with Gasteiger partial charge in [0, 0.05) is 19.7 Å². The highest BCUT2D eigenvalue weighted by Crippen LogP contribution is 2.33. The van der Waals surface area contributed by atoms with E-state index in [9.17, 15) is 13.2 Å². The van der Waals surface area contributed by atoms with Gasteiger partial charge in [-0.15, -0.1) is 0 Å². The van der Waals surface area contributed by atoms with Crippen molar-refractivity contribution in [2.45, 2.75) is 11.8 Å². The third-order valence-electron chi connectivity index (χ3n) is 3.17. The van der Waals surface area contributed by atoms with Crippen LogP contribution in [0.1, 0.15) is 6.92 Å². The molecular formula is C13H17NO6S. The Bertz CT molecular complexity index is 642. The molecule has 0 amide bonds. The molecule has 0 fully saturated rings. The van der Waals surface area contributed by atoms with E-state index in [1.54, 1.807) is 0 Å². The second-order valence-corrected chi connectivity index (χ2v) is 6.88. The molecule has 7 nitrogen and oxygen atoms in total. The number of fused-ring (bicyclic) bond motifs is 1.